The molecule has 0 spiro atoms. The maximum absolute atomic E-state index is 13.3. The van der Waals surface area contributed by atoms with Crippen LogP contribution in [-0.4, -0.2) is 86.3 Å². The minimum absolute atomic E-state index is 0.0186. The van der Waals surface area contributed by atoms with Crippen molar-refractivity contribution in [2.45, 2.75) is 94.6 Å². The zero-order valence-electron chi connectivity index (χ0n) is 74.1. The van der Waals surface area contributed by atoms with Crippen molar-refractivity contribution in [1.29, 1.82) is 0 Å². The molecule has 0 aliphatic carbocycles. The van der Waals surface area contributed by atoms with Gasteiger partial charge < -0.3 is 19.4 Å². The second-order valence-corrected chi connectivity index (χ2v) is 34.5. The van der Waals surface area contributed by atoms with E-state index in [0.717, 1.165) is 72.2 Å². The predicted octanol–water partition coefficient (Wildman–Crippen LogP) is 24.7. The number of nitro benzene ring substituents is 1. The van der Waals surface area contributed by atoms with Crippen LogP contribution in [0.2, 0.25) is 0 Å². The monoisotopic (exact) mass is 1860 g/mol. The first-order valence-corrected chi connectivity index (χ1v) is 45.2. The van der Waals surface area contributed by atoms with E-state index < -0.39 is 28.8 Å². The number of nitrogens with zero attached hydrogens (tertiary/aromatic N) is 5. The average molecular weight is 1860 g/mol. The van der Waals surface area contributed by atoms with Crippen molar-refractivity contribution < 1.29 is 72.2 Å². The van der Waals surface area contributed by atoms with Crippen LogP contribution in [0.4, 0.5) is 5.69 Å². The van der Waals surface area contributed by atoms with E-state index in [-0.39, 0.29) is 63.2 Å². The van der Waals surface area contributed by atoms with Crippen molar-refractivity contribution in [3.8, 4) is 0 Å². The molecule has 15 rings (SSSR count). The summed E-state index contributed by atoms with van der Waals surface area (Å²) in [7, 11) is 0. The van der Waals surface area contributed by atoms with E-state index in [0.29, 0.717) is 66.8 Å². The molecule has 0 saturated heterocycles. The standard InChI is InChI=1S/C34H25NO4S.C30H23NO4S.C23H18N2O5S.C23H19NO3S/c1-22-7-3-6-10-31(22)32(35-39-23(2)36)34(38)26-15-19-30(20-16-26)40-29-17-13-25(14-18-29)33(37)28-12-11-24-8-4-5-9-27(24)21-28;1-20-8-6-7-11-27(20)28(31-35-21(2)32)30(34)24-14-18-26(19-15-24)36-25-16-12-23(13-17-25)29(33)22-9-4-3-5-10-22;1-15-5-3-4-6-21(15)22(24-30-16(2)26)23(27)17-7-11-19(12-8-17)31-20-13-9-18(10-14-20)25(28)29;1-16-8-6-7-11-21(16)22(24-27-17(2)25)23(26)18-12-14-20(15-13-18)28-19-9-4-3-5-10-19/h3-21H,1-2H3;3-19H,1-2H3;3-14H,1-2H3;3-15H,1-2H3/b35-32+;31-28+;2*24-22+. The molecule has 0 atom stereocenters. The summed E-state index contributed by atoms with van der Waals surface area (Å²) in [6.07, 6.45) is 0. The number of rotatable bonds is 29. The van der Waals surface area contributed by atoms with Crippen LogP contribution in [0, 0.1) is 37.8 Å². The number of oxime groups is 4. The third-order valence-corrected chi connectivity index (χ3v) is 24.1. The molecule has 0 radical (unpaired) electrons. The minimum Gasteiger partial charge on any atom is -0.318 e. The lowest BCUT2D eigenvalue weighted by atomic mass is 9.97. The molecular formula is C110H85N5O16S4. The summed E-state index contributed by atoms with van der Waals surface area (Å²) in [4.78, 5) is 161. The predicted molar refractivity (Wildman–Crippen MR) is 527 cm³/mol. The lowest BCUT2D eigenvalue weighted by Crippen LogP contribution is -2.18. The number of Topliss-reactive ketones (excluding diaryl/α,β-unsaturated/α-hetero) is 4. The van der Waals surface area contributed by atoms with E-state index in [1.165, 1.54) is 75.1 Å². The van der Waals surface area contributed by atoms with Gasteiger partial charge in [0, 0.05) is 146 Å². The second-order valence-electron chi connectivity index (χ2n) is 29.9. The average Bonchev–Trinajstić information content (AvgIpc) is 0.835. The number of ketones is 6. The van der Waals surface area contributed by atoms with Gasteiger partial charge in [0.05, 0.1) is 4.92 Å². The molecule has 0 saturated carbocycles. The van der Waals surface area contributed by atoms with E-state index in [1.54, 1.807) is 139 Å². The molecule has 15 aromatic carbocycles. The maximum Gasteiger partial charge on any atom is 0.332 e. The Labute approximate surface area is 796 Å². The van der Waals surface area contributed by atoms with Crippen molar-refractivity contribution in [3.63, 3.8) is 0 Å². The van der Waals surface area contributed by atoms with Crippen LogP contribution in [0.5, 0.6) is 0 Å². The molecule has 670 valence electrons. The fourth-order valence-electron chi connectivity index (χ4n) is 13.2. The molecule has 0 unspecified atom stereocenters. The highest BCUT2D eigenvalue weighted by atomic mass is 32.2. The van der Waals surface area contributed by atoms with Crippen LogP contribution in [0.1, 0.15) is 145 Å². The van der Waals surface area contributed by atoms with Crippen LogP contribution in [0.25, 0.3) is 10.8 Å². The Hall–Kier alpha value is -16.1. The molecule has 0 heterocycles. The number of benzene rings is 15. The first kappa shape index (κ1) is 98.0. The molecule has 0 fully saturated rings. The van der Waals surface area contributed by atoms with E-state index in [4.69, 9.17) is 19.4 Å². The summed E-state index contributed by atoms with van der Waals surface area (Å²) < 4.78 is 0. The second kappa shape index (κ2) is 48.2. The van der Waals surface area contributed by atoms with Crippen LogP contribution < -0.4 is 0 Å². The molecular weight excluding hydrogens is 1780 g/mol. The smallest absolute Gasteiger partial charge is 0.318 e. The molecule has 21 nitrogen and oxygen atoms in total. The first-order valence-electron chi connectivity index (χ1n) is 41.9. The van der Waals surface area contributed by atoms with Gasteiger partial charge in [-0.15, -0.1) is 0 Å². The van der Waals surface area contributed by atoms with Crippen molar-refractivity contribution in [1.82, 2.24) is 0 Å². The topological polar surface area (TPSA) is 300 Å². The van der Waals surface area contributed by atoms with Gasteiger partial charge in [-0.1, -0.05) is 250 Å². The van der Waals surface area contributed by atoms with Crippen molar-refractivity contribution >= 4 is 145 Å². The fraction of sp³-hybridized carbons (Fsp3) is 0.0727. The van der Waals surface area contributed by atoms with Gasteiger partial charge in [0.2, 0.25) is 23.1 Å². The summed E-state index contributed by atoms with van der Waals surface area (Å²) >= 11 is 6.08. The summed E-state index contributed by atoms with van der Waals surface area (Å²) in [5.74, 6) is -3.79. The zero-order valence-corrected chi connectivity index (χ0v) is 77.4. The maximum atomic E-state index is 13.3. The molecule has 0 amide bonds. The molecule has 0 aliphatic heterocycles. The summed E-state index contributed by atoms with van der Waals surface area (Å²) in [5.41, 5.74) is 10.4. The zero-order chi connectivity index (χ0) is 95.9. The van der Waals surface area contributed by atoms with Gasteiger partial charge in [0.25, 0.3) is 5.69 Å². The number of aryl methyl sites for hydroxylation is 4. The van der Waals surface area contributed by atoms with E-state index in [2.05, 4.69) is 20.6 Å². The number of fused-ring (bicyclic) bond motifs is 1. The van der Waals surface area contributed by atoms with Crippen LogP contribution in [0.15, 0.2) is 430 Å². The normalized spacial score (nSPS) is 11.2. The number of hydrogen-bond acceptors (Lipinski definition) is 24. The summed E-state index contributed by atoms with van der Waals surface area (Å²) in [6.45, 7) is 12.4. The Morgan fingerprint density at radius 3 is 0.726 bits per heavy atom. The van der Waals surface area contributed by atoms with Crippen molar-refractivity contribution in [3.05, 3.63) is 469 Å². The van der Waals surface area contributed by atoms with E-state index in [9.17, 15) is 58.1 Å². The Morgan fingerprint density at radius 1 is 0.237 bits per heavy atom. The molecule has 25 heteroatoms. The minimum atomic E-state index is -0.617. The van der Waals surface area contributed by atoms with Crippen LogP contribution >= 0.6 is 47.0 Å². The Balaban J connectivity index is 0.000000163. The highest BCUT2D eigenvalue weighted by molar-refractivity contribution is 8.00. The molecule has 0 N–H and O–H groups in total. The van der Waals surface area contributed by atoms with Gasteiger partial charge in [-0.3, -0.25) is 38.9 Å². The molecule has 135 heavy (non-hydrogen) atoms. The third kappa shape index (κ3) is 28.0. The SMILES string of the molecule is CC(=O)O/N=C(/C(=O)c1ccc(Sc2ccc(C(=O)c3ccc4ccccc4c3)cc2)cc1)c1ccccc1C.CC(=O)O/N=C(/C(=O)c1ccc(Sc2ccc(C(=O)c3ccccc3)cc2)cc1)c1ccccc1C.CC(=O)O/N=C(/C(=O)c1ccc(Sc2ccc([N+](=O)[O-])cc2)cc1)c1ccccc1C.CC(=O)O/N=C(/C(=O)c1ccc(Sc2ccccc2)cc1)c1ccccc1C. The third-order valence-electron chi connectivity index (χ3n) is 20.0. The number of nitro groups is 1. The first-order chi connectivity index (χ1) is 65.2. The van der Waals surface area contributed by atoms with Crippen LogP contribution in [0.3, 0.4) is 0 Å². The van der Waals surface area contributed by atoms with E-state index in [1.807, 2.05) is 258 Å². The van der Waals surface area contributed by atoms with E-state index >= 15 is 0 Å². The highest BCUT2D eigenvalue weighted by Gasteiger charge is 2.26. The van der Waals surface area contributed by atoms with Gasteiger partial charge in [-0.25, -0.2) is 19.2 Å². The lowest BCUT2D eigenvalue weighted by Gasteiger charge is -2.09. The molecule has 15 aromatic rings. The lowest BCUT2D eigenvalue weighted by molar-refractivity contribution is -0.384. The molecule has 0 aromatic heterocycles. The Bertz CT molecular complexity index is 7020. The van der Waals surface area contributed by atoms with Gasteiger partial charge in [-0.05, 0) is 237 Å². The number of carbonyl (C=O) groups excluding carboxylic acids is 10. The largest absolute Gasteiger partial charge is 0.332 e. The molecule has 0 bridgehead atoms. The van der Waals surface area contributed by atoms with Gasteiger partial charge in [0.15, 0.2) is 34.4 Å². The Morgan fingerprint density at radius 2 is 0.452 bits per heavy atom. The van der Waals surface area contributed by atoms with Crippen molar-refractivity contribution in [2.75, 3.05) is 0 Å². The number of non-ortho nitro benzene ring substituents is 1. The van der Waals surface area contributed by atoms with Crippen molar-refractivity contribution in [2.24, 2.45) is 20.6 Å². The summed E-state index contributed by atoms with van der Waals surface area (Å²) in [6, 6.07) is 112. The Kier molecular flexibility index (Phi) is 35.0. The van der Waals surface area contributed by atoms with Gasteiger partial charge in [-0.2, -0.15) is 0 Å². The quantitative estimate of drug-likeness (QED) is 0.0138. The summed E-state index contributed by atoms with van der Waals surface area (Å²) in [5, 5.41) is 28.2. The van der Waals surface area contributed by atoms with Crippen LogP contribution in [-0.2, 0) is 38.5 Å². The van der Waals surface area contributed by atoms with Gasteiger partial charge >= 0.3 is 23.9 Å². The van der Waals surface area contributed by atoms with Gasteiger partial charge in [0.1, 0.15) is 0 Å². The molecule has 0 aliphatic rings. The number of hydrogen-bond donors (Lipinski definition) is 0. The number of carbonyl (C=O) groups is 10. The fourth-order valence-corrected chi connectivity index (χ4v) is 16.4. The highest BCUT2D eigenvalue weighted by Crippen LogP contribution is 2.35.